The number of hydrogen-bond donors (Lipinski definition) is 2. The monoisotopic (exact) mass is 326 g/mol. The third kappa shape index (κ3) is 3.44. The molecule has 0 heterocycles. The molecule has 2 aromatic carbocycles. The van der Waals surface area contributed by atoms with E-state index in [9.17, 15) is 14.7 Å². The maximum Gasteiger partial charge on any atom is 0.337 e. The minimum Gasteiger partial charge on any atom is -0.493 e. The minimum absolute atomic E-state index is 0.0625. The van der Waals surface area contributed by atoms with E-state index in [1.165, 1.54) is 38.5 Å². The number of carboxylic acid groups (broad SMARTS) is 1. The summed E-state index contributed by atoms with van der Waals surface area (Å²) in [6.45, 7) is 0. The van der Waals surface area contributed by atoms with Crippen LogP contribution in [0.1, 0.15) is 26.3 Å². The fraction of sp³-hybridized carbons (Fsp3) is 0.118. The zero-order valence-electron chi connectivity index (χ0n) is 13.0. The summed E-state index contributed by atoms with van der Waals surface area (Å²) < 4.78 is 10.2. The predicted molar refractivity (Wildman–Crippen MR) is 85.6 cm³/mol. The number of aromatic carboxylic acids is 1. The van der Waals surface area contributed by atoms with Gasteiger partial charge >= 0.3 is 5.97 Å². The number of benzene rings is 2. The Kier molecular flexibility index (Phi) is 5.02. The molecule has 0 aliphatic rings. The van der Waals surface area contributed by atoms with Gasteiger partial charge in [-0.15, -0.1) is 0 Å². The molecule has 24 heavy (non-hydrogen) atoms. The largest absolute Gasteiger partial charge is 0.493 e. The first-order valence-electron chi connectivity index (χ1n) is 6.81. The average Bonchev–Trinajstić information content (AvgIpc) is 2.60. The van der Waals surface area contributed by atoms with Crippen LogP contribution in [0.3, 0.4) is 0 Å². The van der Waals surface area contributed by atoms with Crippen molar-refractivity contribution in [3.05, 3.63) is 53.1 Å². The van der Waals surface area contributed by atoms with Crippen LogP contribution in [0.2, 0.25) is 0 Å². The standard InChI is InChI=1S/C17H14N2O5/c1-23-14-7-12(17(21)22)13(8-15(14)24-2)19-16(20)11-5-3-4-10(6-11)9-18/h3-8H,1-2H3,(H,19,20)(H,21,22). The molecule has 7 nitrogen and oxygen atoms in total. The van der Waals surface area contributed by atoms with Crippen molar-refractivity contribution in [2.45, 2.75) is 0 Å². The first-order valence-corrected chi connectivity index (χ1v) is 6.81. The van der Waals surface area contributed by atoms with Crippen LogP contribution in [-0.4, -0.2) is 31.2 Å². The van der Waals surface area contributed by atoms with Crippen molar-refractivity contribution in [2.75, 3.05) is 19.5 Å². The summed E-state index contributed by atoms with van der Waals surface area (Å²) in [7, 11) is 2.79. The Morgan fingerprint density at radius 1 is 1.12 bits per heavy atom. The first kappa shape index (κ1) is 16.8. The molecule has 1 amide bonds. The molecule has 0 saturated heterocycles. The highest BCUT2D eigenvalue weighted by molar-refractivity contribution is 6.08. The van der Waals surface area contributed by atoms with Crippen LogP contribution in [0, 0.1) is 11.3 Å². The summed E-state index contributed by atoms with van der Waals surface area (Å²) in [4.78, 5) is 23.7. The highest BCUT2D eigenvalue weighted by Crippen LogP contribution is 2.33. The second-order valence-electron chi connectivity index (χ2n) is 4.70. The van der Waals surface area contributed by atoms with Crippen molar-refractivity contribution in [3.63, 3.8) is 0 Å². The van der Waals surface area contributed by atoms with E-state index in [2.05, 4.69) is 5.32 Å². The van der Waals surface area contributed by atoms with Gasteiger partial charge in [0.1, 0.15) is 0 Å². The molecular formula is C17H14N2O5. The molecule has 0 aliphatic heterocycles. The van der Waals surface area contributed by atoms with E-state index in [1.807, 2.05) is 6.07 Å². The lowest BCUT2D eigenvalue weighted by Gasteiger charge is -2.13. The van der Waals surface area contributed by atoms with Gasteiger partial charge in [0.05, 0.1) is 37.1 Å². The van der Waals surface area contributed by atoms with E-state index in [4.69, 9.17) is 14.7 Å². The number of rotatable bonds is 5. The number of carbonyl (C=O) groups excluding carboxylic acids is 1. The van der Waals surface area contributed by atoms with E-state index < -0.39 is 11.9 Å². The van der Waals surface area contributed by atoms with Gasteiger partial charge < -0.3 is 19.9 Å². The van der Waals surface area contributed by atoms with Crippen LogP contribution < -0.4 is 14.8 Å². The summed E-state index contributed by atoms with van der Waals surface area (Å²) >= 11 is 0. The number of carbonyl (C=O) groups is 2. The highest BCUT2D eigenvalue weighted by atomic mass is 16.5. The number of nitriles is 1. The van der Waals surface area contributed by atoms with Gasteiger partial charge in [-0.2, -0.15) is 5.26 Å². The Bertz CT molecular complexity index is 839. The van der Waals surface area contributed by atoms with Gasteiger partial charge in [0.25, 0.3) is 5.91 Å². The normalized spacial score (nSPS) is 9.71. The predicted octanol–water partition coefficient (Wildman–Crippen LogP) is 2.53. The van der Waals surface area contributed by atoms with Gasteiger partial charge in [0.2, 0.25) is 0 Å². The van der Waals surface area contributed by atoms with Gasteiger partial charge in [-0.1, -0.05) is 6.07 Å². The van der Waals surface area contributed by atoms with Crippen LogP contribution in [0.25, 0.3) is 0 Å². The Morgan fingerprint density at radius 2 is 1.79 bits per heavy atom. The summed E-state index contributed by atoms with van der Waals surface area (Å²) in [5, 5.41) is 20.7. The van der Waals surface area contributed by atoms with E-state index in [0.717, 1.165) is 0 Å². The molecule has 0 spiro atoms. The van der Waals surface area contributed by atoms with Crippen molar-refractivity contribution in [3.8, 4) is 17.6 Å². The van der Waals surface area contributed by atoms with E-state index in [0.29, 0.717) is 5.56 Å². The smallest absolute Gasteiger partial charge is 0.337 e. The molecule has 2 aromatic rings. The molecule has 0 bridgehead atoms. The maximum absolute atomic E-state index is 12.3. The highest BCUT2D eigenvalue weighted by Gasteiger charge is 2.18. The number of nitrogens with one attached hydrogen (secondary N) is 1. The van der Waals surface area contributed by atoms with Crippen molar-refractivity contribution in [1.29, 1.82) is 5.26 Å². The lowest BCUT2D eigenvalue weighted by atomic mass is 10.1. The topological polar surface area (TPSA) is 109 Å². The zero-order chi connectivity index (χ0) is 17.7. The van der Waals surface area contributed by atoms with Crippen LogP contribution in [0.4, 0.5) is 5.69 Å². The summed E-state index contributed by atoms with van der Waals surface area (Å²) in [6, 6.07) is 10.6. The van der Waals surface area contributed by atoms with Crippen LogP contribution in [-0.2, 0) is 0 Å². The lowest BCUT2D eigenvalue weighted by Crippen LogP contribution is -2.15. The molecule has 122 valence electrons. The number of nitrogens with zero attached hydrogens (tertiary/aromatic N) is 1. The number of ether oxygens (including phenoxy) is 2. The van der Waals surface area contributed by atoms with Gasteiger partial charge in [-0.05, 0) is 18.2 Å². The Balaban J connectivity index is 2.42. The van der Waals surface area contributed by atoms with Gasteiger partial charge in [-0.25, -0.2) is 4.79 Å². The molecule has 0 saturated carbocycles. The van der Waals surface area contributed by atoms with Gasteiger partial charge in [0.15, 0.2) is 11.5 Å². The van der Waals surface area contributed by atoms with Crippen LogP contribution >= 0.6 is 0 Å². The van der Waals surface area contributed by atoms with E-state index in [1.54, 1.807) is 12.1 Å². The van der Waals surface area contributed by atoms with E-state index >= 15 is 0 Å². The number of methoxy groups -OCH3 is 2. The molecule has 0 unspecified atom stereocenters. The third-order valence-corrected chi connectivity index (χ3v) is 3.26. The Hall–Kier alpha value is -3.53. The molecule has 0 radical (unpaired) electrons. The third-order valence-electron chi connectivity index (χ3n) is 3.26. The summed E-state index contributed by atoms with van der Waals surface area (Å²) in [6.07, 6.45) is 0. The van der Waals surface area contributed by atoms with Gasteiger partial charge in [-0.3, -0.25) is 4.79 Å². The van der Waals surface area contributed by atoms with Crippen molar-refractivity contribution >= 4 is 17.6 Å². The molecule has 0 atom stereocenters. The van der Waals surface area contributed by atoms with Crippen molar-refractivity contribution < 1.29 is 24.2 Å². The first-order chi connectivity index (χ1) is 11.5. The van der Waals surface area contributed by atoms with Crippen molar-refractivity contribution in [1.82, 2.24) is 0 Å². The van der Waals surface area contributed by atoms with Gasteiger partial charge in [0, 0.05) is 17.7 Å². The average molecular weight is 326 g/mol. The number of anilines is 1. The number of carboxylic acids is 1. The lowest BCUT2D eigenvalue weighted by molar-refractivity contribution is 0.0697. The van der Waals surface area contributed by atoms with Crippen LogP contribution in [0.5, 0.6) is 11.5 Å². The fourth-order valence-corrected chi connectivity index (χ4v) is 2.08. The fourth-order valence-electron chi connectivity index (χ4n) is 2.08. The molecule has 7 heteroatoms. The van der Waals surface area contributed by atoms with E-state index in [-0.39, 0.29) is 28.3 Å². The SMILES string of the molecule is COc1cc(NC(=O)c2cccc(C#N)c2)c(C(=O)O)cc1OC. The molecular weight excluding hydrogens is 312 g/mol. The Labute approximate surface area is 138 Å². The maximum atomic E-state index is 12.3. The number of hydrogen-bond acceptors (Lipinski definition) is 5. The molecule has 0 fully saturated rings. The second kappa shape index (κ2) is 7.15. The second-order valence-corrected chi connectivity index (χ2v) is 4.70. The Morgan fingerprint density at radius 3 is 2.38 bits per heavy atom. The molecule has 0 aliphatic carbocycles. The summed E-state index contributed by atoms with van der Waals surface area (Å²) in [5.74, 6) is -1.25. The summed E-state index contributed by atoms with van der Waals surface area (Å²) in [5.41, 5.74) is 0.485. The molecule has 2 rings (SSSR count). The minimum atomic E-state index is -1.22. The molecule has 0 aromatic heterocycles. The molecule has 2 N–H and O–H groups in total. The van der Waals surface area contributed by atoms with Crippen LogP contribution in [0.15, 0.2) is 36.4 Å². The quantitative estimate of drug-likeness (QED) is 0.874. The number of amides is 1. The van der Waals surface area contributed by atoms with Crippen molar-refractivity contribution in [2.24, 2.45) is 0 Å². The zero-order valence-corrected chi connectivity index (χ0v) is 13.0.